The molecular formula is C12H18N2O3S. The molecule has 0 saturated heterocycles. The number of rotatable bonds is 5. The van der Waals surface area contributed by atoms with Gasteiger partial charge in [0.05, 0.1) is 11.4 Å². The van der Waals surface area contributed by atoms with Crippen molar-refractivity contribution in [3.63, 3.8) is 0 Å². The normalized spacial score (nSPS) is 23.0. The van der Waals surface area contributed by atoms with Crippen LogP contribution in [0.25, 0.3) is 0 Å². The summed E-state index contributed by atoms with van der Waals surface area (Å²) in [5, 5.41) is 3.19. The number of benzene rings is 1. The summed E-state index contributed by atoms with van der Waals surface area (Å²) < 4.78 is 29.8. The van der Waals surface area contributed by atoms with Crippen molar-refractivity contribution in [2.45, 2.75) is 24.9 Å². The van der Waals surface area contributed by atoms with E-state index in [2.05, 4.69) is 11.4 Å². The zero-order chi connectivity index (χ0) is 13.2. The molecule has 6 heteroatoms. The smallest absolute Gasteiger partial charge is 0.264 e. The third-order valence-electron chi connectivity index (χ3n) is 3.31. The van der Waals surface area contributed by atoms with Crippen LogP contribution >= 0.6 is 0 Å². The predicted octanol–water partition coefficient (Wildman–Crippen LogP) is 0.612. The van der Waals surface area contributed by atoms with Crippen molar-refractivity contribution in [2.75, 3.05) is 12.3 Å². The quantitative estimate of drug-likeness (QED) is 0.414. The van der Waals surface area contributed by atoms with Crippen molar-refractivity contribution in [1.82, 2.24) is 5.32 Å². The molecule has 1 aliphatic rings. The summed E-state index contributed by atoms with van der Waals surface area (Å²) in [5.74, 6) is -0.238. The van der Waals surface area contributed by atoms with Gasteiger partial charge in [0.15, 0.2) is 0 Å². The van der Waals surface area contributed by atoms with E-state index in [0.29, 0.717) is 13.0 Å². The topological polar surface area (TPSA) is 92.4 Å². The van der Waals surface area contributed by atoms with Gasteiger partial charge in [0.25, 0.3) is 10.1 Å². The van der Waals surface area contributed by atoms with Gasteiger partial charge < -0.3 is 5.73 Å². The van der Waals surface area contributed by atoms with E-state index in [1.54, 1.807) is 0 Å². The van der Waals surface area contributed by atoms with Gasteiger partial charge in [0.2, 0.25) is 0 Å². The molecule has 0 saturated carbocycles. The van der Waals surface area contributed by atoms with Crippen LogP contribution in [0.5, 0.6) is 0 Å². The average molecular weight is 270 g/mol. The van der Waals surface area contributed by atoms with Crippen molar-refractivity contribution in [2.24, 2.45) is 5.73 Å². The fourth-order valence-corrected chi connectivity index (χ4v) is 2.90. The van der Waals surface area contributed by atoms with Gasteiger partial charge in [-0.15, -0.1) is 0 Å². The molecule has 0 fully saturated rings. The van der Waals surface area contributed by atoms with Crippen LogP contribution in [0.2, 0.25) is 0 Å². The van der Waals surface area contributed by atoms with Crippen molar-refractivity contribution in [3.05, 3.63) is 35.4 Å². The highest BCUT2D eigenvalue weighted by molar-refractivity contribution is 7.85. The first kappa shape index (κ1) is 13.5. The summed E-state index contributed by atoms with van der Waals surface area (Å²) in [4.78, 5) is 0. The van der Waals surface area contributed by atoms with Gasteiger partial charge >= 0.3 is 0 Å². The molecule has 0 radical (unpaired) electrons. The van der Waals surface area contributed by atoms with Crippen LogP contribution in [-0.4, -0.2) is 25.3 Å². The lowest BCUT2D eigenvalue weighted by Crippen LogP contribution is -2.49. The first-order valence-electron chi connectivity index (χ1n) is 5.98. The minimum atomic E-state index is -3.88. The lowest BCUT2D eigenvalue weighted by molar-refractivity contribution is 0.343. The number of nitrogens with one attached hydrogen (secondary N) is 1. The Hall–Kier alpha value is -0.950. The maximum Gasteiger partial charge on any atom is 0.264 e. The van der Waals surface area contributed by atoms with E-state index in [1.807, 2.05) is 18.2 Å². The Labute approximate surface area is 107 Å². The van der Waals surface area contributed by atoms with E-state index in [9.17, 15) is 8.42 Å². The number of aryl methyl sites for hydroxylation is 1. The second kappa shape index (κ2) is 4.97. The Morgan fingerprint density at radius 2 is 2.11 bits per heavy atom. The third-order valence-corrected chi connectivity index (χ3v) is 4.11. The van der Waals surface area contributed by atoms with Crippen LogP contribution in [-0.2, 0) is 22.2 Å². The molecule has 1 atom stereocenters. The van der Waals surface area contributed by atoms with Crippen LogP contribution in [0.4, 0.5) is 0 Å². The third kappa shape index (κ3) is 3.08. The molecule has 1 aliphatic carbocycles. The van der Waals surface area contributed by atoms with Crippen molar-refractivity contribution in [1.29, 1.82) is 0 Å². The minimum absolute atomic E-state index is 0.238. The highest BCUT2D eigenvalue weighted by Crippen LogP contribution is 2.32. The number of nitrogens with two attached hydrogens (primary N) is 1. The number of fused-ring (bicyclic) bond motifs is 1. The molecule has 0 spiro atoms. The molecule has 0 heterocycles. The van der Waals surface area contributed by atoms with Crippen LogP contribution in [0, 0.1) is 0 Å². The van der Waals surface area contributed by atoms with Crippen LogP contribution in [0.1, 0.15) is 24.0 Å². The molecular weight excluding hydrogens is 252 g/mol. The summed E-state index contributed by atoms with van der Waals surface area (Å²) in [6.45, 7) is 0.463. The van der Waals surface area contributed by atoms with E-state index in [1.165, 1.54) is 5.56 Å². The maximum absolute atomic E-state index is 10.6. The summed E-state index contributed by atoms with van der Waals surface area (Å²) in [5.41, 5.74) is 8.04. The molecule has 1 aromatic carbocycles. The van der Waals surface area contributed by atoms with Gasteiger partial charge in [0, 0.05) is 0 Å². The average Bonchev–Trinajstić information content (AvgIpc) is 2.63. The molecule has 2 rings (SSSR count). The van der Waals surface area contributed by atoms with Gasteiger partial charge in [-0.1, -0.05) is 24.3 Å². The van der Waals surface area contributed by atoms with Gasteiger partial charge in [-0.25, -0.2) is 0 Å². The monoisotopic (exact) mass is 270 g/mol. The molecule has 0 bridgehead atoms. The van der Waals surface area contributed by atoms with Gasteiger partial charge in [-0.2, -0.15) is 8.42 Å². The molecule has 0 aliphatic heterocycles. The fourth-order valence-electron chi connectivity index (χ4n) is 2.39. The van der Waals surface area contributed by atoms with E-state index in [0.717, 1.165) is 18.4 Å². The SMILES string of the molecule is N[C@]1(NCCCS(=O)(=O)O)CCc2ccccc21. The van der Waals surface area contributed by atoms with Crippen LogP contribution in [0.15, 0.2) is 24.3 Å². The predicted molar refractivity (Wildman–Crippen MR) is 69.7 cm³/mol. The summed E-state index contributed by atoms with van der Waals surface area (Å²) in [6.07, 6.45) is 2.08. The van der Waals surface area contributed by atoms with Crippen LogP contribution < -0.4 is 11.1 Å². The lowest BCUT2D eigenvalue weighted by atomic mass is 10.0. The van der Waals surface area contributed by atoms with Crippen LogP contribution in [0.3, 0.4) is 0 Å². The molecule has 18 heavy (non-hydrogen) atoms. The minimum Gasteiger partial charge on any atom is -0.309 e. The Morgan fingerprint density at radius 1 is 1.39 bits per heavy atom. The standard InChI is InChI=1S/C12H18N2O3S/c13-12(14-8-3-9-18(15,16)17)7-6-10-4-1-2-5-11(10)12/h1-2,4-5,14H,3,6-9,13H2,(H,15,16,17)/t12-/m0/s1. The molecule has 0 amide bonds. The Kier molecular flexibility index (Phi) is 3.72. The van der Waals surface area contributed by atoms with E-state index in [-0.39, 0.29) is 5.75 Å². The second-order valence-corrected chi connectivity index (χ2v) is 6.27. The molecule has 5 nitrogen and oxygen atoms in total. The van der Waals surface area contributed by atoms with Gasteiger partial charge in [0.1, 0.15) is 0 Å². The number of hydrogen-bond acceptors (Lipinski definition) is 4. The fraction of sp³-hybridized carbons (Fsp3) is 0.500. The van der Waals surface area contributed by atoms with Crippen molar-refractivity contribution >= 4 is 10.1 Å². The summed E-state index contributed by atoms with van der Waals surface area (Å²) in [7, 11) is -3.88. The Morgan fingerprint density at radius 3 is 2.83 bits per heavy atom. The lowest BCUT2D eigenvalue weighted by Gasteiger charge is -2.27. The number of hydrogen-bond donors (Lipinski definition) is 3. The summed E-state index contributed by atoms with van der Waals surface area (Å²) in [6, 6.07) is 8.00. The highest BCUT2D eigenvalue weighted by Gasteiger charge is 2.33. The van der Waals surface area contributed by atoms with Gasteiger partial charge in [-0.3, -0.25) is 9.87 Å². The molecule has 1 aromatic rings. The molecule has 0 unspecified atom stereocenters. The van der Waals surface area contributed by atoms with E-state index in [4.69, 9.17) is 10.3 Å². The molecule has 100 valence electrons. The van der Waals surface area contributed by atoms with Crippen molar-refractivity contribution in [3.8, 4) is 0 Å². The zero-order valence-electron chi connectivity index (χ0n) is 10.1. The highest BCUT2D eigenvalue weighted by atomic mass is 32.2. The van der Waals surface area contributed by atoms with Crippen molar-refractivity contribution < 1.29 is 13.0 Å². The second-order valence-electron chi connectivity index (χ2n) is 4.69. The Bertz CT molecular complexity index is 530. The molecule has 0 aromatic heterocycles. The summed E-state index contributed by atoms with van der Waals surface area (Å²) >= 11 is 0. The zero-order valence-corrected chi connectivity index (χ0v) is 10.9. The Balaban J connectivity index is 1.94. The first-order valence-corrected chi connectivity index (χ1v) is 7.59. The van der Waals surface area contributed by atoms with Gasteiger partial charge in [-0.05, 0) is 36.9 Å². The molecule has 4 N–H and O–H groups in total. The van der Waals surface area contributed by atoms with E-state index < -0.39 is 15.8 Å². The van der Waals surface area contributed by atoms with E-state index >= 15 is 0 Å². The largest absolute Gasteiger partial charge is 0.309 e. The maximum atomic E-state index is 10.6. The first-order chi connectivity index (χ1) is 8.41.